The fraction of sp³-hybridized carbons (Fsp3) is 0.400. The van der Waals surface area contributed by atoms with E-state index in [0.29, 0.717) is 19.4 Å². The summed E-state index contributed by atoms with van der Waals surface area (Å²) in [4.78, 5) is 6.97. The quantitative estimate of drug-likeness (QED) is 0.682. The Morgan fingerprint density at radius 2 is 2.12 bits per heavy atom. The second kappa shape index (κ2) is 5.86. The maximum absolute atomic E-state index is 14.7. The molecule has 0 radical (unpaired) electrons. The minimum Gasteiger partial charge on any atom is -0.285 e. The number of nitrogens with zero attached hydrogens (tertiary/aromatic N) is 3. The molecule has 0 saturated heterocycles. The van der Waals surface area contributed by atoms with E-state index in [0.717, 1.165) is 27.5 Å². The van der Waals surface area contributed by atoms with Crippen LogP contribution in [0.15, 0.2) is 41.1 Å². The van der Waals surface area contributed by atoms with Crippen molar-refractivity contribution < 1.29 is 4.39 Å². The molecule has 2 aliphatic rings. The summed E-state index contributed by atoms with van der Waals surface area (Å²) >= 11 is 3.47. The molecule has 1 fully saturated rings. The van der Waals surface area contributed by atoms with E-state index in [4.69, 9.17) is 0 Å². The van der Waals surface area contributed by atoms with E-state index in [1.165, 1.54) is 11.1 Å². The second-order valence-corrected chi connectivity index (χ2v) is 8.56. The van der Waals surface area contributed by atoms with Crippen LogP contribution in [0.3, 0.4) is 0 Å². The summed E-state index contributed by atoms with van der Waals surface area (Å²) in [5, 5.41) is 8.44. The number of halogens is 2. The molecule has 1 N–H and O–H groups in total. The van der Waals surface area contributed by atoms with Crippen molar-refractivity contribution in [3.05, 3.63) is 58.0 Å². The predicted octanol–water partition coefficient (Wildman–Crippen LogP) is 4.56. The Labute approximate surface area is 159 Å². The third-order valence-electron chi connectivity index (χ3n) is 5.75. The van der Waals surface area contributed by atoms with E-state index >= 15 is 0 Å². The minimum absolute atomic E-state index is 0.0330. The van der Waals surface area contributed by atoms with E-state index < -0.39 is 5.67 Å². The molecule has 0 unspecified atom stereocenters. The number of rotatable bonds is 3. The number of hydrogen-bond acceptors (Lipinski definition) is 3. The van der Waals surface area contributed by atoms with Gasteiger partial charge in [-0.15, -0.1) is 0 Å². The first kappa shape index (κ1) is 16.4. The third-order valence-corrected chi connectivity index (χ3v) is 6.22. The van der Waals surface area contributed by atoms with Crippen molar-refractivity contribution >= 4 is 26.8 Å². The smallest absolute Gasteiger partial charge is 0.124 e. The zero-order valence-corrected chi connectivity index (χ0v) is 16.1. The van der Waals surface area contributed by atoms with Crippen LogP contribution in [0, 0.1) is 0 Å². The Morgan fingerprint density at radius 3 is 2.85 bits per heavy atom. The van der Waals surface area contributed by atoms with Crippen LogP contribution in [0.5, 0.6) is 0 Å². The summed E-state index contributed by atoms with van der Waals surface area (Å²) in [5.41, 5.74) is 3.51. The largest absolute Gasteiger partial charge is 0.285 e. The number of fused-ring (bicyclic) bond motifs is 3. The maximum Gasteiger partial charge on any atom is 0.124 e. The zero-order chi connectivity index (χ0) is 17.9. The Hall–Kier alpha value is -1.79. The first-order chi connectivity index (χ1) is 12.5. The van der Waals surface area contributed by atoms with Crippen molar-refractivity contribution in [2.45, 2.75) is 43.9 Å². The number of alkyl halides is 1. The molecular weight excluding hydrogens is 395 g/mol. The van der Waals surface area contributed by atoms with Gasteiger partial charge in [0.05, 0.1) is 23.4 Å². The molecule has 1 aliphatic heterocycles. The zero-order valence-electron chi connectivity index (χ0n) is 14.5. The highest BCUT2D eigenvalue weighted by Crippen LogP contribution is 2.46. The van der Waals surface area contributed by atoms with Gasteiger partial charge in [-0.2, -0.15) is 5.10 Å². The van der Waals surface area contributed by atoms with Crippen LogP contribution in [0.4, 0.5) is 4.39 Å². The summed E-state index contributed by atoms with van der Waals surface area (Å²) < 4.78 is 15.7. The van der Waals surface area contributed by atoms with Gasteiger partial charge in [0.25, 0.3) is 0 Å². The van der Waals surface area contributed by atoms with Gasteiger partial charge < -0.3 is 0 Å². The monoisotopic (exact) mass is 414 g/mol. The number of benzene rings is 1. The van der Waals surface area contributed by atoms with Gasteiger partial charge in [-0.05, 0) is 71.4 Å². The minimum atomic E-state index is -1.03. The standard InChI is InChI=1S/C20H20BrFN4/c1-12-8-15-14(3-5-17-16(15)10-24-25-17)19(18-4-2-13(21)9-23-18)26(12)11-20(22)6-7-20/h2-5,9-10,12,19H,6-8,11H2,1H3,(H,24,25)/t12-,19+/m1/s1. The molecule has 3 heterocycles. The van der Waals surface area contributed by atoms with E-state index in [1.807, 2.05) is 24.5 Å². The highest BCUT2D eigenvalue weighted by Gasteiger charge is 2.48. The molecule has 0 spiro atoms. The van der Waals surface area contributed by atoms with E-state index in [9.17, 15) is 4.39 Å². The molecule has 1 aliphatic carbocycles. The van der Waals surface area contributed by atoms with Crippen LogP contribution in [0.2, 0.25) is 0 Å². The lowest BCUT2D eigenvalue weighted by Gasteiger charge is -2.42. The number of pyridine rings is 1. The summed E-state index contributed by atoms with van der Waals surface area (Å²) in [6.07, 6.45) is 5.97. The molecule has 1 saturated carbocycles. The highest BCUT2D eigenvalue weighted by molar-refractivity contribution is 9.10. The number of nitrogens with one attached hydrogen (secondary N) is 1. The normalized spacial score (nSPS) is 24.6. The van der Waals surface area contributed by atoms with E-state index in [-0.39, 0.29) is 12.1 Å². The molecule has 134 valence electrons. The van der Waals surface area contributed by atoms with Crippen molar-refractivity contribution in [1.29, 1.82) is 0 Å². The van der Waals surface area contributed by atoms with Gasteiger partial charge in [0.15, 0.2) is 0 Å². The number of aromatic amines is 1. The molecule has 6 heteroatoms. The molecule has 0 amide bonds. The summed E-state index contributed by atoms with van der Waals surface area (Å²) in [6, 6.07) is 8.49. The van der Waals surface area contributed by atoms with Gasteiger partial charge in [-0.25, -0.2) is 4.39 Å². The molecule has 5 rings (SSSR count). The molecule has 0 bridgehead atoms. The van der Waals surface area contributed by atoms with Gasteiger partial charge in [0, 0.05) is 28.6 Å². The lowest BCUT2D eigenvalue weighted by atomic mass is 9.85. The highest BCUT2D eigenvalue weighted by atomic mass is 79.9. The summed E-state index contributed by atoms with van der Waals surface area (Å²) in [5.74, 6) is 0. The van der Waals surface area contributed by atoms with Crippen LogP contribution in [-0.4, -0.2) is 38.3 Å². The van der Waals surface area contributed by atoms with Gasteiger partial charge in [0.2, 0.25) is 0 Å². The van der Waals surface area contributed by atoms with E-state index in [1.54, 1.807) is 0 Å². The van der Waals surface area contributed by atoms with Crippen molar-refractivity contribution in [2.75, 3.05) is 6.54 Å². The molecule has 4 nitrogen and oxygen atoms in total. The SMILES string of the molecule is C[C@@H]1Cc2c(ccc3[nH]ncc23)[C@@H](c2ccc(Br)cn2)N1CC1(F)CC1. The van der Waals surface area contributed by atoms with Gasteiger partial charge in [0.1, 0.15) is 5.67 Å². The number of aromatic nitrogens is 3. The predicted molar refractivity (Wildman–Crippen MR) is 103 cm³/mol. The van der Waals surface area contributed by atoms with E-state index in [2.05, 4.69) is 55.1 Å². The summed E-state index contributed by atoms with van der Waals surface area (Å²) in [6.45, 7) is 2.67. The van der Waals surface area contributed by atoms with Gasteiger partial charge in [-0.3, -0.25) is 15.0 Å². The average Bonchev–Trinajstić information content (AvgIpc) is 3.16. The van der Waals surface area contributed by atoms with Crippen LogP contribution in [-0.2, 0) is 6.42 Å². The lowest BCUT2D eigenvalue weighted by Crippen LogP contribution is -2.46. The van der Waals surface area contributed by atoms with Gasteiger partial charge >= 0.3 is 0 Å². The van der Waals surface area contributed by atoms with Crippen molar-refractivity contribution in [2.24, 2.45) is 0 Å². The first-order valence-corrected chi connectivity index (χ1v) is 9.84. The van der Waals surface area contributed by atoms with Crippen LogP contribution in [0.1, 0.15) is 42.6 Å². The average molecular weight is 415 g/mol. The van der Waals surface area contributed by atoms with Crippen molar-refractivity contribution in [1.82, 2.24) is 20.1 Å². The molecule has 3 aromatic rings. The molecule has 1 aromatic carbocycles. The number of hydrogen-bond donors (Lipinski definition) is 1. The van der Waals surface area contributed by atoms with Crippen LogP contribution in [0.25, 0.3) is 10.9 Å². The third kappa shape index (κ3) is 2.67. The van der Waals surface area contributed by atoms with Crippen molar-refractivity contribution in [3.8, 4) is 0 Å². The number of H-pyrrole nitrogens is 1. The molecule has 2 atom stereocenters. The molecule has 26 heavy (non-hydrogen) atoms. The fourth-order valence-corrected chi connectivity index (χ4v) is 4.40. The second-order valence-electron chi connectivity index (χ2n) is 7.64. The van der Waals surface area contributed by atoms with Crippen LogP contribution >= 0.6 is 15.9 Å². The first-order valence-electron chi connectivity index (χ1n) is 9.05. The maximum atomic E-state index is 14.7. The fourth-order valence-electron chi connectivity index (χ4n) is 4.17. The molecule has 2 aromatic heterocycles. The van der Waals surface area contributed by atoms with Crippen LogP contribution < -0.4 is 0 Å². The Bertz CT molecular complexity index is 964. The lowest BCUT2D eigenvalue weighted by molar-refractivity contribution is 0.0968. The van der Waals surface area contributed by atoms with Crippen molar-refractivity contribution in [3.63, 3.8) is 0 Å². The van der Waals surface area contributed by atoms with Gasteiger partial charge in [-0.1, -0.05) is 6.07 Å². The Morgan fingerprint density at radius 1 is 1.27 bits per heavy atom. The summed E-state index contributed by atoms with van der Waals surface area (Å²) in [7, 11) is 0. The Kier molecular flexibility index (Phi) is 3.69. The topological polar surface area (TPSA) is 44.8 Å². The Balaban J connectivity index is 1.67. The molecular formula is C20H20BrFN4.